The predicted molar refractivity (Wildman–Crippen MR) is 75.5 cm³/mol. The average Bonchev–Trinajstić information content (AvgIpc) is 2.48. The molecule has 0 aromatic heterocycles. The van der Waals surface area contributed by atoms with Crippen LogP contribution in [0.25, 0.3) is 0 Å². The van der Waals surface area contributed by atoms with E-state index in [1.165, 1.54) is 4.90 Å². The molecule has 1 unspecified atom stereocenters. The van der Waals surface area contributed by atoms with Crippen molar-refractivity contribution in [1.82, 2.24) is 10.2 Å². The Morgan fingerprint density at radius 1 is 1.25 bits per heavy atom. The second-order valence-electron chi connectivity index (χ2n) is 5.01. The van der Waals surface area contributed by atoms with E-state index in [1.54, 1.807) is 0 Å². The van der Waals surface area contributed by atoms with E-state index in [4.69, 9.17) is 5.11 Å². The van der Waals surface area contributed by atoms with Gasteiger partial charge in [-0.2, -0.15) is 0 Å². The fraction of sp³-hybridized carbons (Fsp3) is 0.467. The van der Waals surface area contributed by atoms with Gasteiger partial charge in [-0.05, 0) is 31.2 Å². The van der Waals surface area contributed by atoms with Crippen molar-refractivity contribution in [2.24, 2.45) is 0 Å². The number of carboxylic acids is 1. The highest BCUT2D eigenvalue weighted by Gasteiger charge is 2.31. The van der Waals surface area contributed by atoms with Gasteiger partial charge in [0.15, 0.2) is 0 Å². The monoisotopic (exact) mass is 276 g/mol. The zero-order chi connectivity index (χ0) is 14.4. The first-order valence-corrected chi connectivity index (χ1v) is 6.99. The number of hydrogen-bond donors (Lipinski definition) is 2. The summed E-state index contributed by atoms with van der Waals surface area (Å²) in [5.74, 6) is -0.914. The zero-order valence-electron chi connectivity index (χ0n) is 11.4. The van der Waals surface area contributed by atoms with Crippen LogP contribution in [-0.2, 0) is 11.2 Å². The van der Waals surface area contributed by atoms with Crippen LogP contribution >= 0.6 is 0 Å². The number of amides is 2. The van der Waals surface area contributed by atoms with Gasteiger partial charge in [0, 0.05) is 13.1 Å². The summed E-state index contributed by atoms with van der Waals surface area (Å²) in [4.78, 5) is 24.6. The molecule has 0 aliphatic carbocycles. The van der Waals surface area contributed by atoms with Crippen molar-refractivity contribution in [2.45, 2.75) is 31.7 Å². The minimum Gasteiger partial charge on any atom is -0.480 e. The van der Waals surface area contributed by atoms with Gasteiger partial charge in [0.25, 0.3) is 0 Å². The third-order valence-electron chi connectivity index (χ3n) is 3.58. The van der Waals surface area contributed by atoms with Crippen LogP contribution in [0.15, 0.2) is 30.3 Å². The Morgan fingerprint density at radius 2 is 2.00 bits per heavy atom. The molecule has 1 fully saturated rings. The van der Waals surface area contributed by atoms with E-state index in [0.29, 0.717) is 19.5 Å². The van der Waals surface area contributed by atoms with Crippen molar-refractivity contribution in [3.63, 3.8) is 0 Å². The Labute approximate surface area is 118 Å². The number of rotatable bonds is 4. The van der Waals surface area contributed by atoms with Crippen molar-refractivity contribution in [1.29, 1.82) is 0 Å². The van der Waals surface area contributed by atoms with Crippen molar-refractivity contribution in [2.75, 3.05) is 13.1 Å². The number of carbonyl (C=O) groups excluding carboxylic acids is 1. The van der Waals surface area contributed by atoms with Crippen molar-refractivity contribution in [3.8, 4) is 0 Å². The van der Waals surface area contributed by atoms with E-state index >= 15 is 0 Å². The average molecular weight is 276 g/mol. The maximum Gasteiger partial charge on any atom is 0.326 e. The third-order valence-corrected chi connectivity index (χ3v) is 3.58. The Bertz CT molecular complexity index is 461. The highest BCUT2D eigenvalue weighted by atomic mass is 16.4. The normalized spacial score (nSPS) is 18.6. The second-order valence-corrected chi connectivity index (χ2v) is 5.01. The van der Waals surface area contributed by atoms with Crippen LogP contribution in [0.2, 0.25) is 0 Å². The summed E-state index contributed by atoms with van der Waals surface area (Å²) >= 11 is 0. The third kappa shape index (κ3) is 3.73. The van der Waals surface area contributed by atoms with Crippen molar-refractivity contribution < 1.29 is 14.7 Å². The molecule has 0 spiro atoms. The summed E-state index contributed by atoms with van der Waals surface area (Å²) in [7, 11) is 0. The van der Waals surface area contributed by atoms with Crippen LogP contribution in [-0.4, -0.2) is 41.1 Å². The lowest BCUT2D eigenvalue weighted by molar-refractivity contribution is -0.143. The number of hydrogen-bond acceptors (Lipinski definition) is 2. The molecule has 5 nitrogen and oxygen atoms in total. The van der Waals surface area contributed by atoms with E-state index < -0.39 is 12.0 Å². The Hall–Kier alpha value is -2.04. The minimum atomic E-state index is -0.914. The SMILES string of the molecule is O=C(O)C1CCCCN1C(=O)NCCc1ccccc1. The maximum atomic E-state index is 12.1. The molecule has 0 saturated carbocycles. The van der Waals surface area contributed by atoms with Gasteiger partial charge >= 0.3 is 12.0 Å². The van der Waals surface area contributed by atoms with E-state index in [0.717, 1.165) is 24.8 Å². The molecule has 5 heteroatoms. The fourth-order valence-corrected chi connectivity index (χ4v) is 2.49. The highest BCUT2D eigenvalue weighted by Crippen LogP contribution is 2.17. The molecule has 2 N–H and O–H groups in total. The summed E-state index contributed by atoms with van der Waals surface area (Å²) < 4.78 is 0. The molecular weight excluding hydrogens is 256 g/mol. The largest absolute Gasteiger partial charge is 0.480 e. The molecule has 1 atom stereocenters. The summed E-state index contributed by atoms with van der Waals surface area (Å²) in [6.07, 6.45) is 3.03. The summed E-state index contributed by atoms with van der Waals surface area (Å²) in [5, 5.41) is 11.9. The van der Waals surface area contributed by atoms with Crippen LogP contribution < -0.4 is 5.32 Å². The van der Waals surface area contributed by atoms with E-state index in [-0.39, 0.29) is 6.03 Å². The van der Waals surface area contributed by atoms with Gasteiger partial charge in [0.2, 0.25) is 0 Å². The number of nitrogens with one attached hydrogen (secondary N) is 1. The number of carbonyl (C=O) groups is 2. The molecule has 1 saturated heterocycles. The molecule has 1 aromatic rings. The molecule has 1 aliphatic heterocycles. The molecule has 1 heterocycles. The number of benzene rings is 1. The Morgan fingerprint density at radius 3 is 2.70 bits per heavy atom. The maximum absolute atomic E-state index is 12.1. The zero-order valence-corrected chi connectivity index (χ0v) is 11.4. The standard InChI is InChI=1S/C15H20N2O3/c18-14(19)13-8-4-5-11-17(13)15(20)16-10-9-12-6-2-1-3-7-12/h1-3,6-7,13H,4-5,8-11H2,(H,16,20)(H,18,19). The molecule has 2 amide bonds. The highest BCUT2D eigenvalue weighted by molar-refractivity contribution is 5.82. The number of carboxylic acid groups (broad SMARTS) is 1. The summed E-state index contributed by atoms with van der Waals surface area (Å²) in [6, 6.07) is 8.94. The van der Waals surface area contributed by atoms with Gasteiger partial charge in [-0.15, -0.1) is 0 Å². The van der Waals surface area contributed by atoms with Crippen molar-refractivity contribution in [3.05, 3.63) is 35.9 Å². The summed E-state index contributed by atoms with van der Waals surface area (Å²) in [6.45, 7) is 1.04. The molecule has 1 aromatic carbocycles. The lowest BCUT2D eigenvalue weighted by atomic mass is 10.0. The Kier molecular flexibility index (Phi) is 4.98. The van der Waals surface area contributed by atoms with Crippen molar-refractivity contribution >= 4 is 12.0 Å². The second kappa shape index (κ2) is 6.93. The van der Waals surface area contributed by atoms with Crippen LogP contribution in [0.5, 0.6) is 0 Å². The molecule has 0 bridgehead atoms. The quantitative estimate of drug-likeness (QED) is 0.882. The first-order valence-electron chi connectivity index (χ1n) is 6.99. The molecule has 2 rings (SSSR count). The lowest BCUT2D eigenvalue weighted by Crippen LogP contribution is -2.52. The van der Waals surface area contributed by atoms with Gasteiger partial charge in [0.05, 0.1) is 0 Å². The number of urea groups is 1. The van der Waals surface area contributed by atoms with Gasteiger partial charge in [-0.1, -0.05) is 30.3 Å². The Balaban J connectivity index is 1.83. The van der Waals surface area contributed by atoms with Gasteiger partial charge in [-0.25, -0.2) is 9.59 Å². The fourth-order valence-electron chi connectivity index (χ4n) is 2.49. The lowest BCUT2D eigenvalue weighted by Gasteiger charge is -2.32. The van der Waals surface area contributed by atoms with Crippen LogP contribution in [0.4, 0.5) is 4.79 Å². The van der Waals surface area contributed by atoms with Crippen LogP contribution in [0.3, 0.4) is 0 Å². The topological polar surface area (TPSA) is 69.6 Å². The number of piperidine rings is 1. The molecular formula is C15H20N2O3. The first-order chi connectivity index (χ1) is 9.68. The van der Waals surface area contributed by atoms with Gasteiger partial charge < -0.3 is 15.3 Å². The van der Waals surface area contributed by atoms with E-state index in [2.05, 4.69) is 5.32 Å². The van der Waals surface area contributed by atoms with E-state index in [1.807, 2.05) is 30.3 Å². The molecule has 108 valence electrons. The smallest absolute Gasteiger partial charge is 0.326 e. The predicted octanol–water partition coefficient (Wildman–Crippen LogP) is 1.88. The summed E-state index contributed by atoms with van der Waals surface area (Å²) in [5.41, 5.74) is 1.15. The molecule has 1 aliphatic rings. The number of likely N-dealkylation sites (tertiary alicyclic amines) is 1. The number of nitrogens with zero attached hydrogens (tertiary/aromatic N) is 1. The van der Waals surface area contributed by atoms with Gasteiger partial charge in [-0.3, -0.25) is 0 Å². The molecule has 20 heavy (non-hydrogen) atoms. The molecule has 0 radical (unpaired) electrons. The first kappa shape index (κ1) is 14.4. The van der Waals surface area contributed by atoms with Gasteiger partial charge in [0.1, 0.15) is 6.04 Å². The minimum absolute atomic E-state index is 0.270. The van der Waals surface area contributed by atoms with Crippen LogP contribution in [0, 0.1) is 0 Å². The van der Waals surface area contributed by atoms with Crippen LogP contribution in [0.1, 0.15) is 24.8 Å². The van der Waals surface area contributed by atoms with E-state index in [9.17, 15) is 9.59 Å². The number of aliphatic carboxylic acids is 1.